The van der Waals surface area contributed by atoms with Crippen LogP contribution < -0.4 is 9.47 Å². The summed E-state index contributed by atoms with van der Waals surface area (Å²) in [5.74, 6) is -0.448. The summed E-state index contributed by atoms with van der Waals surface area (Å²) < 4.78 is 16.8. The maximum atomic E-state index is 12.2. The second-order valence-electron chi connectivity index (χ2n) is 5.70. The summed E-state index contributed by atoms with van der Waals surface area (Å²) in [6.45, 7) is 3.41. The van der Waals surface area contributed by atoms with E-state index in [2.05, 4.69) is 20.9 Å². The van der Waals surface area contributed by atoms with Gasteiger partial charge in [0.2, 0.25) is 5.90 Å². The van der Waals surface area contributed by atoms with Gasteiger partial charge in [-0.05, 0) is 55.0 Å². The van der Waals surface area contributed by atoms with E-state index in [0.29, 0.717) is 23.5 Å². The zero-order chi connectivity index (χ0) is 20.3. The number of benzene rings is 2. The molecule has 8 heteroatoms. The molecule has 2 aromatic rings. The second-order valence-corrected chi connectivity index (χ2v) is 7.02. The van der Waals surface area contributed by atoms with Crippen LogP contribution in [0.1, 0.15) is 25.0 Å². The Morgan fingerprint density at radius 2 is 2.00 bits per heavy atom. The Labute approximate surface area is 174 Å². The van der Waals surface area contributed by atoms with Gasteiger partial charge in [0.1, 0.15) is 0 Å². The molecule has 0 fully saturated rings. The number of nitrogens with zero attached hydrogens (tertiary/aromatic N) is 1. The van der Waals surface area contributed by atoms with Crippen molar-refractivity contribution in [3.05, 3.63) is 62.7 Å². The van der Waals surface area contributed by atoms with Crippen molar-refractivity contribution < 1.29 is 23.8 Å². The van der Waals surface area contributed by atoms with Gasteiger partial charge in [-0.2, -0.15) is 0 Å². The van der Waals surface area contributed by atoms with Crippen LogP contribution in [0.25, 0.3) is 6.08 Å². The van der Waals surface area contributed by atoms with Crippen LogP contribution in [-0.4, -0.2) is 24.4 Å². The smallest absolute Gasteiger partial charge is 0.363 e. The molecule has 0 aliphatic carbocycles. The number of esters is 2. The van der Waals surface area contributed by atoms with Crippen molar-refractivity contribution in [1.82, 2.24) is 0 Å². The molecule has 0 radical (unpaired) electrons. The van der Waals surface area contributed by atoms with Crippen molar-refractivity contribution >= 4 is 51.4 Å². The molecule has 2 aromatic carbocycles. The Morgan fingerprint density at radius 1 is 1.29 bits per heavy atom. The first-order valence-electron chi connectivity index (χ1n) is 8.30. The summed E-state index contributed by atoms with van der Waals surface area (Å²) >= 11 is 9.59. The quantitative estimate of drug-likeness (QED) is 0.362. The number of hydrogen-bond acceptors (Lipinski definition) is 6. The van der Waals surface area contributed by atoms with Gasteiger partial charge in [-0.1, -0.05) is 27.5 Å². The van der Waals surface area contributed by atoms with Crippen molar-refractivity contribution in [2.24, 2.45) is 4.99 Å². The fourth-order valence-electron chi connectivity index (χ4n) is 2.46. The van der Waals surface area contributed by atoms with Crippen molar-refractivity contribution in [1.29, 1.82) is 0 Å². The van der Waals surface area contributed by atoms with E-state index in [9.17, 15) is 9.59 Å². The Bertz CT molecular complexity index is 998. The molecule has 1 aliphatic heterocycles. The van der Waals surface area contributed by atoms with Crippen LogP contribution in [0.15, 0.2) is 51.6 Å². The largest absolute Gasteiger partial charge is 0.490 e. The zero-order valence-corrected chi connectivity index (χ0v) is 17.3. The van der Waals surface area contributed by atoms with E-state index in [1.807, 2.05) is 12.1 Å². The fraction of sp³-hybridized carbons (Fsp3) is 0.150. The standard InChI is InChI=1S/C20H15BrClNO5/c1-3-26-17-10-12(8-15(22)18(17)27-11(2)24)9-16-20(25)28-19(23-16)13-4-6-14(21)7-5-13/h4-10H,3H2,1-2H3. The molecule has 3 rings (SSSR count). The predicted octanol–water partition coefficient (Wildman–Crippen LogP) is 4.77. The number of cyclic esters (lactones) is 1. The highest BCUT2D eigenvalue weighted by Crippen LogP contribution is 2.37. The van der Waals surface area contributed by atoms with Gasteiger partial charge in [0, 0.05) is 17.0 Å². The first kappa shape index (κ1) is 20.1. The lowest BCUT2D eigenvalue weighted by atomic mass is 10.1. The van der Waals surface area contributed by atoms with E-state index in [1.165, 1.54) is 13.0 Å². The van der Waals surface area contributed by atoms with E-state index in [0.717, 1.165) is 4.47 Å². The summed E-state index contributed by atoms with van der Waals surface area (Å²) in [6, 6.07) is 10.4. The molecule has 0 amide bonds. The van der Waals surface area contributed by atoms with Gasteiger partial charge < -0.3 is 14.2 Å². The molecule has 6 nitrogen and oxygen atoms in total. The molecule has 0 unspecified atom stereocenters. The monoisotopic (exact) mass is 463 g/mol. The molecule has 1 heterocycles. The van der Waals surface area contributed by atoms with Gasteiger partial charge in [-0.3, -0.25) is 4.79 Å². The van der Waals surface area contributed by atoms with E-state index < -0.39 is 11.9 Å². The van der Waals surface area contributed by atoms with E-state index in [1.54, 1.807) is 31.2 Å². The molecular formula is C20H15BrClNO5. The Hall–Kier alpha value is -2.64. The van der Waals surface area contributed by atoms with Crippen LogP contribution in [-0.2, 0) is 14.3 Å². The number of carbonyl (C=O) groups is 2. The number of hydrogen-bond donors (Lipinski definition) is 0. The number of halogens is 2. The first-order valence-corrected chi connectivity index (χ1v) is 9.47. The molecule has 1 aliphatic rings. The predicted molar refractivity (Wildman–Crippen MR) is 109 cm³/mol. The maximum Gasteiger partial charge on any atom is 0.363 e. The molecule has 144 valence electrons. The average molecular weight is 465 g/mol. The highest BCUT2D eigenvalue weighted by molar-refractivity contribution is 9.10. The summed E-state index contributed by atoms with van der Waals surface area (Å²) in [5, 5.41) is 0.177. The summed E-state index contributed by atoms with van der Waals surface area (Å²) in [5.41, 5.74) is 1.35. The molecule has 0 bridgehead atoms. The van der Waals surface area contributed by atoms with Crippen LogP contribution >= 0.6 is 27.5 Å². The van der Waals surface area contributed by atoms with E-state index in [4.69, 9.17) is 25.8 Å². The Balaban J connectivity index is 1.96. The summed E-state index contributed by atoms with van der Waals surface area (Å²) in [4.78, 5) is 27.7. The highest BCUT2D eigenvalue weighted by Gasteiger charge is 2.24. The molecule has 0 spiro atoms. The van der Waals surface area contributed by atoms with E-state index in [-0.39, 0.29) is 22.4 Å². The van der Waals surface area contributed by atoms with Crippen LogP contribution in [0.4, 0.5) is 0 Å². The van der Waals surface area contributed by atoms with Crippen molar-refractivity contribution in [2.75, 3.05) is 6.61 Å². The molecule has 0 saturated heterocycles. The van der Waals surface area contributed by atoms with Gasteiger partial charge >= 0.3 is 11.9 Å². The van der Waals surface area contributed by atoms with Crippen molar-refractivity contribution in [2.45, 2.75) is 13.8 Å². The average Bonchev–Trinajstić information content (AvgIpc) is 2.99. The molecule has 0 N–H and O–H groups in total. The lowest BCUT2D eigenvalue weighted by molar-refractivity contribution is -0.132. The van der Waals surface area contributed by atoms with Gasteiger partial charge in [0.15, 0.2) is 17.2 Å². The minimum atomic E-state index is -0.573. The molecule has 28 heavy (non-hydrogen) atoms. The van der Waals surface area contributed by atoms with Gasteiger partial charge in [-0.25, -0.2) is 9.79 Å². The molecule has 0 saturated carbocycles. The van der Waals surface area contributed by atoms with Gasteiger partial charge in [-0.15, -0.1) is 0 Å². The lowest BCUT2D eigenvalue weighted by Gasteiger charge is -2.12. The third kappa shape index (κ3) is 4.61. The fourth-order valence-corrected chi connectivity index (χ4v) is 2.98. The maximum absolute atomic E-state index is 12.2. The number of carbonyl (C=O) groups excluding carboxylic acids is 2. The van der Waals surface area contributed by atoms with Crippen LogP contribution in [0.3, 0.4) is 0 Å². The van der Waals surface area contributed by atoms with Gasteiger partial charge in [0.05, 0.1) is 11.6 Å². The topological polar surface area (TPSA) is 74.2 Å². The minimum absolute atomic E-state index is 0.122. The van der Waals surface area contributed by atoms with Crippen LogP contribution in [0, 0.1) is 0 Å². The number of rotatable bonds is 5. The van der Waals surface area contributed by atoms with Gasteiger partial charge in [0.25, 0.3) is 0 Å². The number of aliphatic imine (C=N–C) groups is 1. The van der Waals surface area contributed by atoms with Crippen molar-refractivity contribution in [3.8, 4) is 11.5 Å². The van der Waals surface area contributed by atoms with Crippen molar-refractivity contribution in [3.63, 3.8) is 0 Å². The van der Waals surface area contributed by atoms with Crippen LogP contribution in [0.5, 0.6) is 11.5 Å². The Morgan fingerprint density at radius 3 is 2.64 bits per heavy atom. The summed E-state index contributed by atoms with van der Waals surface area (Å²) in [6.07, 6.45) is 1.53. The third-order valence-corrected chi connectivity index (χ3v) is 4.40. The molecule has 0 atom stereocenters. The molecular weight excluding hydrogens is 450 g/mol. The van der Waals surface area contributed by atoms with Crippen LogP contribution in [0.2, 0.25) is 5.02 Å². The zero-order valence-electron chi connectivity index (χ0n) is 15.0. The summed E-state index contributed by atoms with van der Waals surface area (Å²) in [7, 11) is 0. The minimum Gasteiger partial charge on any atom is -0.490 e. The number of ether oxygens (including phenoxy) is 3. The molecule has 0 aromatic heterocycles. The highest BCUT2D eigenvalue weighted by atomic mass is 79.9. The normalized spacial score (nSPS) is 14.6. The SMILES string of the molecule is CCOc1cc(C=C2N=C(c3ccc(Br)cc3)OC2=O)cc(Cl)c1OC(C)=O. The van der Waals surface area contributed by atoms with E-state index >= 15 is 0 Å². The Kier molecular flexibility index (Phi) is 6.16. The first-order chi connectivity index (χ1) is 13.4. The third-order valence-electron chi connectivity index (χ3n) is 3.59. The second kappa shape index (κ2) is 8.58. The lowest BCUT2D eigenvalue weighted by Crippen LogP contribution is -2.05.